The Morgan fingerprint density at radius 3 is 3.08 bits per heavy atom. The highest BCUT2D eigenvalue weighted by Gasteiger charge is 2.17. The Bertz CT molecular complexity index is 132. The van der Waals surface area contributed by atoms with E-state index in [0.717, 1.165) is 13.2 Å². The van der Waals surface area contributed by atoms with Gasteiger partial charge in [0.1, 0.15) is 0 Å². The molecular formula is C10H21NOS. The van der Waals surface area contributed by atoms with E-state index < -0.39 is 0 Å². The first-order chi connectivity index (χ1) is 6.33. The Morgan fingerprint density at radius 2 is 2.38 bits per heavy atom. The maximum absolute atomic E-state index is 5.49. The van der Waals surface area contributed by atoms with Crippen LogP contribution in [0.15, 0.2) is 0 Å². The van der Waals surface area contributed by atoms with E-state index in [1.165, 1.54) is 25.0 Å². The van der Waals surface area contributed by atoms with Crippen molar-refractivity contribution < 1.29 is 4.74 Å². The number of hydrogen-bond donors (Lipinski definition) is 1. The van der Waals surface area contributed by atoms with E-state index >= 15 is 0 Å². The van der Waals surface area contributed by atoms with Crippen LogP contribution in [0.1, 0.15) is 26.2 Å². The fourth-order valence-electron chi connectivity index (χ4n) is 1.71. The molecule has 1 aliphatic rings. The fraction of sp³-hybridized carbons (Fsp3) is 1.00. The first-order valence-electron chi connectivity index (χ1n) is 5.17. The Labute approximate surface area is 85.8 Å². The zero-order valence-electron chi connectivity index (χ0n) is 8.71. The molecule has 0 saturated carbocycles. The normalized spacial score (nSPS) is 29.1. The summed E-state index contributed by atoms with van der Waals surface area (Å²) < 4.78 is 5.49. The molecule has 3 heteroatoms. The van der Waals surface area contributed by atoms with E-state index in [-0.39, 0.29) is 0 Å². The van der Waals surface area contributed by atoms with Crippen molar-refractivity contribution in [3.8, 4) is 0 Å². The minimum absolute atomic E-state index is 0.451. The maximum atomic E-state index is 5.49. The van der Waals surface area contributed by atoms with Gasteiger partial charge in [-0.1, -0.05) is 0 Å². The van der Waals surface area contributed by atoms with Gasteiger partial charge in [0, 0.05) is 12.6 Å². The number of thioether (sulfide) groups is 1. The van der Waals surface area contributed by atoms with E-state index in [0.29, 0.717) is 12.1 Å². The van der Waals surface area contributed by atoms with Crippen molar-refractivity contribution in [1.29, 1.82) is 0 Å². The first kappa shape index (κ1) is 11.3. The Hall–Kier alpha value is 0.270. The molecule has 2 nitrogen and oxygen atoms in total. The quantitative estimate of drug-likeness (QED) is 0.690. The summed E-state index contributed by atoms with van der Waals surface area (Å²) in [5.74, 6) is 1.27. The number of hydrogen-bond acceptors (Lipinski definition) is 3. The zero-order chi connectivity index (χ0) is 9.52. The lowest BCUT2D eigenvalue weighted by molar-refractivity contribution is 0.0135. The molecule has 2 unspecified atom stereocenters. The van der Waals surface area contributed by atoms with Gasteiger partial charge in [-0.05, 0) is 44.7 Å². The van der Waals surface area contributed by atoms with Crippen LogP contribution in [-0.2, 0) is 4.74 Å². The molecule has 0 aromatic carbocycles. The van der Waals surface area contributed by atoms with Crippen molar-refractivity contribution in [3.63, 3.8) is 0 Å². The molecule has 0 spiro atoms. The SMILES string of the molecule is CSCCCNC1CCOC(C)C1. The lowest BCUT2D eigenvalue weighted by atomic mass is 10.0. The third kappa shape index (κ3) is 4.89. The van der Waals surface area contributed by atoms with Gasteiger partial charge >= 0.3 is 0 Å². The molecule has 1 aliphatic heterocycles. The third-order valence-electron chi connectivity index (χ3n) is 2.44. The number of nitrogens with one attached hydrogen (secondary N) is 1. The van der Waals surface area contributed by atoms with Crippen LogP contribution >= 0.6 is 11.8 Å². The fourth-order valence-corrected chi connectivity index (χ4v) is 2.14. The Morgan fingerprint density at radius 1 is 1.54 bits per heavy atom. The van der Waals surface area contributed by atoms with Crippen LogP contribution in [-0.4, -0.2) is 37.3 Å². The first-order valence-corrected chi connectivity index (χ1v) is 6.56. The lowest BCUT2D eigenvalue weighted by Crippen LogP contribution is -2.38. The molecule has 0 aromatic heterocycles. The highest BCUT2D eigenvalue weighted by Crippen LogP contribution is 2.12. The second-order valence-electron chi connectivity index (χ2n) is 3.70. The molecule has 0 aliphatic carbocycles. The van der Waals surface area contributed by atoms with Gasteiger partial charge in [0.05, 0.1) is 6.10 Å². The van der Waals surface area contributed by atoms with Gasteiger partial charge in [-0.2, -0.15) is 11.8 Å². The molecule has 78 valence electrons. The van der Waals surface area contributed by atoms with Crippen LogP contribution in [0, 0.1) is 0 Å². The molecule has 1 saturated heterocycles. The minimum atomic E-state index is 0.451. The largest absolute Gasteiger partial charge is 0.378 e. The predicted molar refractivity (Wildman–Crippen MR) is 59.4 cm³/mol. The Kier molecular flexibility index (Phi) is 5.83. The molecule has 0 radical (unpaired) electrons. The summed E-state index contributed by atoms with van der Waals surface area (Å²) >= 11 is 1.92. The van der Waals surface area contributed by atoms with Crippen LogP contribution < -0.4 is 5.32 Å². The van der Waals surface area contributed by atoms with Crippen LogP contribution in [0.3, 0.4) is 0 Å². The molecule has 0 aromatic rings. The topological polar surface area (TPSA) is 21.3 Å². The highest BCUT2D eigenvalue weighted by atomic mass is 32.2. The molecular weight excluding hydrogens is 182 g/mol. The van der Waals surface area contributed by atoms with E-state index in [1.54, 1.807) is 0 Å². The van der Waals surface area contributed by atoms with Gasteiger partial charge in [-0.15, -0.1) is 0 Å². The summed E-state index contributed by atoms with van der Waals surface area (Å²) in [6.45, 7) is 4.26. The Balaban J connectivity index is 2.00. The van der Waals surface area contributed by atoms with Crippen molar-refractivity contribution >= 4 is 11.8 Å². The number of ether oxygens (including phenoxy) is 1. The summed E-state index contributed by atoms with van der Waals surface area (Å²) in [7, 11) is 0. The lowest BCUT2D eigenvalue weighted by Gasteiger charge is -2.28. The maximum Gasteiger partial charge on any atom is 0.0561 e. The summed E-state index contributed by atoms with van der Waals surface area (Å²) in [6, 6.07) is 0.700. The molecule has 1 N–H and O–H groups in total. The van der Waals surface area contributed by atoms with Crippen molar-refractivity contribution in [2.75, 3.05) is 25.2 Å². The molecule has 13 heavy (non-hydrogen) atoms. The summed E-state index contributed by atoms with van der Waals surface area (Å²) in [5.41, 5.74) is 0. The van der Waals surface area contributed by atoms with Crippen LogP contribution in [0.25, 0.3) is 0 Å². The van der Waals surface area contributed by atoms with Crippen LogP contribution in [0.2, 0.25) is 0 Å². The van der Waals surface area contributed by atoms with Gasteiger partial charge in [0.2, 0.25) is 0 Å². The summed E-state index contributed by atoms with van der Waals surface area (Å²) in [6.07, 6.45) is 6.26. The average molecular weight is 203 g/mol. The van der Waals surface area contributed by atoms with Gasteiger partial charge < -0.3 is 10.1 Å². The molecule has 0 bridgehead atoms. The minimum Gasteiger partial charge on any atom is -0.378 e. The van der Waals surface area contributed by atoms with Crippen LogP contribution in [0.4, 0.5) is 0 Å². The van der Waals surface area contributed by atoms with E-state index in [9.17, 15) is 0 Å². The van der Waals surface area contributed by atoms with Crippen molar-refractivity contribution in [1.82, 2.24) is 5.32 Å². The smallest absolute Gasteiger partial charge is 0.0561 e. The molecule has 1 rings (SSSR count). The standard InChI is InChI=1S/C10H21NOS/c1-9-8-10(4-6-12-9)11-5-3-7-13-2/h9-11H,3-8H2,1-2H3. The van der Waals surface area contributed by atoms with Crippen LogP contribution in [0.5, 0.6) is 0 Å². The zero-order valence-corrected chi connectivity index (χ0v) is 9.53. The predicted octanol–water partition coefficient (Wildman–Crippen LogP) is 1.90. The van der Waals surface area contributed by atoms with Crippen molar-refractivity contribution in [3.05, 3.63) is 0 Å². The molecule has 2 atom stereocenters. The van der Waals surface area contributed by atoms with Crippen molar-refractivity contribution in [2.24, 2.45) is 0 Å². The van der Waals surface area contributed by atoms with Gasteiger partial charge in [-0.3, -0.25) is 0 Å². The van der Waals surface area contributed by atoms with E-state index in [1.807, 2.05) is 11.8 Å². The van der Waals surface area contributed by atoms with Gasteiger partial charge in [0.15, 0.2) is 0 Å². The third-order valence-corrected chi connectivity index (χ3v) is 3.14. The highest BCUT2D eigenvalue weighted by molar-refractivity contribution is 7.98. The van der Waals surface area contributed by atoms with Gasteiger partial charge in [0.25, 0.3) is 0 Å². The average Bonchev–Trinajstić information content (AvgIpc) is 2.13. The monoisotopic (exact) mass is 203 g/mol. The van der Waals surface area contributed by atoms with E-state index in [2.05, 4.69) is 18.5 Å². The second-order valence-corrected chi connectivity index (χ2v) is 4.69. The van der Waals surface area contributed by atoms with E-state index in [4.69, 9.17) is 4.74 Å². The van der Waals surface area contributed by atoms with Gasteiger partial charge in [-0.25, -0.2) is 0 Å². The van der Waals surface area contributed by atoms with Crippen molar-refractivity contribution in [2.45, 2.75) is 38.3 Å². The molecule has 0 amide bonds. The summed E-state index contributed by atoms with van der Waals surface area (Å²) in [4.78, 5) is 0. The number of rotatable bonds is 5. The molecule has 1 fully saturated rings. The second kappa shape index (κ2) is 6.68. The summed E-state index contributed by atoms with van der Waals surface area (Å²) in [5, 5.41) is 3.59. The molecule has 1 heterocycles.